The third-order valence-electron chi connectivity index (χ3n) is 5.56. The second-order valence-corrected chi connectivity index (χ2v) is 8.42. The van der Waals surface area contributed by atoms with Crippen LogP contribution in [0.1, 0.15) is 29.2 Å². The Kier molecular flexibility index (Phi) is 7.09. The highest BCUT2D eigenvalue weighted by atomic mass is 32.1. The van der Waals surface area contributed by atoms with E-state index in [9.17, 15) is 9.59 Å². The summed E-state index contributed by atoms with van der Waals surface area (Å²) in [6.45, 7) is 0.770. The van der Waals surface area contributed by atoms with Crippen molar-refractivity contribution < 1.29 is 19.1 Å². The van der Waals surface area contributed by atoms with Crippen molar-refractivity contribution in [2.75, 3.05) is 32.6 Å². The summed E-state index contributed by atoms with van der Waals surface area (Å²) in [6.07, 6.45) is 2.48. The monoisotopic (exact) mass is 466 g/mol. The average Bonchev–Trinajstić information content (AvgIpc) is 3.35. The highest BCUT2D eigenvalue weighted by molar-refractivity contribution is 7.13. The first kappa shape index (κ1) is 22.6. The Morgan fingerprint density at radius 1 is 1.15 bits per heavy atom. The summed E-state index contributed by atoms with van der Waals surface area (Å²) in [7, 11) is 3.22. The Morgan fingerprint density at radius 3 is 2.61 bits per heavy atom. The Morgan fingerprint density at radius 2 is 1.91 bits per heavy atom. The fourth-order valence-corrected chi connectivity index (χ4v) is 4.56. The van der Waals surface area contributed by atoms with Crippen molar-refractivity contribution in [1.29, 1.82) is 0 Å². The third kappa shape index (κ3) is 5.09. The Hall–Kier alpha value is -3.59. The molecule has 172 valence electrons. The summed E-state index contributed by atoms with van der Waals surface area (Å²) in [5.41, 5.74) is 3.12. The number of anilines is 1. The van der Waals surface area contributed by atoms with Crippen molar-refractivity contribution in [3.05, 3.63) is 70.7 Å². The summed E-state index contributed by atoms with van der Waals surface area (Å²) < 4.78 is 11.0. The maximum atomic E-state index is 13.2. The number of carbonyl (C=O) groups is 2. The van der Waals surface area contributed by atoms with Crippen molar-refractivity contribution in [2.45, 2.75) is 18.9 Å². The molecule has 33 heavy (non-hydrogen) atoms. The van der Waals surface area contributed by atoms with Crippen molar-refractivity contribution in [3.63, 3.8) is 0 Å². The van der Waals surface area contributed by atoms with Crippen molar-refractivity contribution >= 4 is 28.4 Å². The van der Waals surface area contributed by atoms with E-state index in [-0.39, 0.29) is 30.9 Å². The number of nitrogens with one attached hydrogen (secondary N) is 2. The normalized spacial score (nSPS) is 14.8. The summed E-state index contributed by atoms with van der Waals surface area (Å²) in [5.74, 6) is 1.11. The van der Waals surface area contributed by atoms with Crippen LogP contribution in [0.5, 0.6) is 11.5 Å². The largest absolute Gasteiger partial charge is 0.493 e. The molecule has 3 amide bonds. The lowest BCUT2D eigenvalue weighted by Gasteiger charge is -2.38. The zero-order valence-electron chi connectivity index (χ0n) is 18.5. The quantitative estimate of drug-likeness (QED) is 0.552. The summed E-state index contributed by atoms with van der Waals surface area (Å²) >= 11 is 1.35. The van der Waals surface area contributed by atoms with Crippen LogP contribution in [0.3, 0.4) is 0 Å². The first-order valence-corrected chi connectivity index (χ1v) is 11.5. The van der Waals surface area contributed by atoms with E-state index in [1.54, 1.807) is 25.8 Å². The van der Waals surface area contributed by atoms with Gasteiger partial charge in [0.1, 0.15) is 0 Å². The van der Waals surface area contributed by atoms with Crippen molar-refractivity contribution in [1.82, 2.24) is 15.2 Å². The molecule has 2 N–H and O–H groups in total. The number of benzene rings is 2. The Balaban J connectivity index is 1.52. The van der Waals surface area contributed by atoms with E-state index in [2.05, 4.69) is 15.6 Å². The standard InChI is InChI=1S/C24H26N4O4S/c1-31-19-14-17-9-12-28(24(30)26-10-8-21(29)27-23-25-11-13-33-23)22(16-6-4-3-5-7-16)18(17)15-20(19)32-2/h3-7,11,13-15,22H,8-10,12H2,1-2H3,(H,26,30)(H,25,27,29)/t22-/m0/s1. The first-order chi connectivity index (χ1) is 16.1. The van der Waals surface area contributed by atoms with Crippen molar-refractivity contribution in [3.8, 4) is 11.5 Å². The topological polar surface area (TPSA) is 92.8 Å². The molecule has 0 saturated carbocycles. The number of methoxy groups -OCH3 is 2. The molecule has 3 aromatic rings. The van der Waals surface area contributed by atoms with Gasteiger partial charge in [0.2, 0.25) is 5.91 Å². The maximum absolute atomic E-state index is 13.2. The van der Waals surface area contributed by atoms with E-state index in [4.69, 9.17) is 9.47 Å². The molecule has 0 bridgehead atoms. The Bertz CT molecular complexity index is 1110. The van der Waals surface area contributed by atoms with Crippen LogP contribution in [-0.4, -0.2) is 49.1 Å². The lowest BCUT2D eigenvalue weighted by molar-refractivity contribution is -0.116. The van der Waals surface area contributed by atoms with E-state index in [1.807, 2.05) is 47.4 Å². The smallest absolute Gasteiger partial charge is 0.318 e. The molecule has 0 saturated heterocycles. The van der Waals surface area contributed by atoms with E-state index in [1.165, 1.54) is 11.3 Å². The number of hydrogen-bond donors (Lipinski definition) is 2. The molecule has 1 atom stereocenters. The molecule has 9 heteroatoms. The molecule has 2 heterocycles. The number of aromatic nitrogens is 1. The van der Waals surface area contributed by atoms with Crippen LogP contribution in [0.2, 0.25) is 0 Å². The minimum atomic E-state index is -0.279. The highest BCUT2D eigenvalue weighted by Gasteiger charge is 2.33. The van der Waals surface area contributed by atoms with E-state index >= 15 is 0 Å². The molecular weight excluding hydrogens is 440 g/mol. The summed E-state index contributed by atoms with van der Waals surface area (Å²) in [4.78, 5) is 31.1. The summed E-state index contributed by atoms with van der Waals surface area (Å²) in [5, 5.41) is 7.96. The van der Waals surface area contributed by atoms with Crippen LogP contribution in [0.4, 0.5) is 9.93 Å². The number of hydrogen-bond acceptors (Lipinski definition) is 6. The predicted octanol–water partition coefficient (Wildman–Crippen LogP) is 3.85. The minimum Gasteiger partial charge on any atom is -0.493 e. The fraction of sp³-hybridized carbons (Fsp3) is 0.292. The van der Waals surface area contributed by atoms with E-state index in [0.717, 1.165) is 16.7 Å². The van der Waals surface area contributed by atoms with Crippen LogP contribution >= 0.6 is 11.3 Å². The maximum Gasteiger partial charge on any atom is 0.318 e. The molecule has 1 aliphatic heterocycles. The van der Waals surface area contributed by atoms with Gasteiger partial charge in [-0.1, -0.05) is 30.3 Å². The van der Waals surface area contributed by atoms with Crippen LogP contribution in [0.25, 0.3) is 0 Å². The highest BCUT2D eigenvalue weighted by Crippen LogP contribution is 2.40. The molecule has 0 fully saturated rings. The number of urea groups is 1. The number of nitrogens with zero attached hydrogens (tertiary/aromatic N) is 2. The number of thiazole rings is 1. The van der Waals surface area contributed by atoms with E-state index < -0.39 is 0 Å². The van der Waals surface area contributed by atoms with Gasteiger partial charge in [-0.25, -0.2) is 9.78 Å². The summed E-state index contributed by atoms with van der Waals surface area (Å²) in [6, 6.07) is 13.3. The number of carbonyl (C=O) groups excluding carboxylic acids is 2. The number of amides is 3. The van der Waals surface area contributed by atoms with Crippen LogP contribution in [0, 0.1) is 0 Å². The predicted molar refractivity (Wildman–Crippen MR) is 127 cm³/mol. The average molecular weight is 467 g/mol. The lowest BCUT2D eigenvalue weighted by atomic mass is 9.88. The van der Waals surface area contributed by atoms with Gasteiger partial charge in [-0.15, -0.1) is 11.3 Å². The second-order valence-electron chi connectivity index (χ2n) is 7.53. The van der Waals surface area contributed by atoms with E-state index in [0.29, 0.717) is 29.6 Å². The van der Waals surface area contributed by atoms with Gasteiger partial charge in [-0.3, -0.25) is 4.79 Å². The zero-order valence-corrected chi connectivity index (χ0v) is 19.4. The third-order valence-corrected chi connectivity index (χ3v) is 6.25. The molecule has 0 aliphatic carbocycles. The minimum absolute atomic E-state index is 0.163. The molecule has 1 aromatic heterocycles. The van der Waals surface area contributed by atoms with Gasteiger partial charge in [-0.2, -0.15) is 0 Å². The SMILES string of the molecule is COc1cc2c(cc1OC)[C@H](c1ccccc1)N(C(=O)NCCC(=O)Nc1nccs1)CC2. The van der Waals surface area contributed by atoms with Crippen LogP contribution in [-0.2, 0) is 11.2 Å². The molecule has 4 rings (SSSR count). The molecule has 1 aliphatic rings. The first-order valence-electron chi connectivity index (χ1n) is 10.6. The van der Waals surface area contributed by atoms with Gasteiger partial charge in [0, 0.05) is 31.1 Å². The molecule has 2 aromatic carbocycles. The fourth-order valence-electron chi connectivity index (χ4n) is 4.01. The van der Waals surface area contributed by atoms with Gasteiger partial charge in [-0.05, 0) is 35.2 Å². The lowest BCUT2D eigenvalue weighted by Crippen LogP contribution is -2.46. The molecule has 8 nitrogen and oxygen atoms in total. The zero-order chi connectivity index (χ0) is 23.2. The molecule has 0 radical (unpaired) electrons. The Labute approximate surface area is 196 Å². The molecular formula is C24H26N4O4S. The molecule has 0 unspecified atom stereocenters. The molecule has 0 spiro atoms. The van der Waals surface area contributed by atoms with Gasteiger partial charge in [0.05, 0.1) is 20.3 Å². The second kappa shape index (κ2) is 10.4. The van der Waals surface area contributed by atoms with Crippen LogP contribution in [0.15, 0.2) is 54.0 Å². The number of fused-ring (bicyclic) bond motifs is 1. The van der Waals surface area contributed by atoms with Gasteiger partial charge < -0.3 is 25.0 Å². The van der Waals surface area contributed by atoms with Crippen LogP contribution < -0.4 is 20.1 Å². The number of rotatable bonds is 7. The van der Waals surface area contributed by atoms with Crippen molar-refractivity contribution in [2.24, 2.45) is 0 Å². The van der Waals surface area contributed by atoms with Gasteiger partial charge in [0.25, 0.3) is 0 Å². The van der Waals surface area contributed by atoms with Gasteiger partial charge >= 0.3 is 6.03 Å². The van der Waals surface area contributed by atoms with Gasteiger partial charge in [0.15, 0.2) is 16.6 Å². The number of ether oxygens (including phenoxy) is 2.